The summed E-state index contributed by atoms with van der Waals surface area (Å²) in [5.41, 5.74) is 1.11. The van der Waals surface area contributed by atoms with Gasteiger partial charge in [0.15, 0.2) is 5.69 Å². The highest BCUT2D eigenvalue weighted by Gasteiger charge is 2.34. The van der Waals surface area contributed by atoms with Gasteiger partial charge in [0.2, 0.25) is 10.0 Å². The molecule has 0 bridgehead atoms. The van der Waals surface area contributed by atoms with Crippen LogP contribution in [0.1, 0.15) is 21.9 Å². The van der Waals surface area contributed by atoms with Crippen LogP contribution in [0.5, 0.6) is 0 Å². The number of hydrogen-bond acceptors (Lipinski definition) is 6. The summed E-state index contributed by atoms with van der Waals surface area (Å²) in [6.07, 6.45) is 0. The first-order valence-electron chi connectivity index (χ1n) is 7.10. The molecule has 11 heteroatoms. The van der Waals surface area contributed by atoms with E-state index in [0.717, 1.165) is 0 Å². The number of hydrogen-bond donors (Lipinski definition) is 0. The second kappa shape index (κ2) is 5.87. The van der Waals surface area contributed by atoms with Crippen LogP contribution < -0.4 is 0 Å². The highest BCUT2D eigenvalue weighted by molar-refractivity contribution is 7.89. The maximum Gasteiger partial charge on any atom is 0.358 e. The number of aromatic nitrogens is 4. The van der Waals surface area contributed by atoms with Crippen LogP contribution in [0.2, 0.25) is 5.15 Å². The van der Waals surface area contributed by atoms with E-state index in [9.17, 15) is 13.2 Å². The molecule has 0 saturated heterocycles. The van der Waals surface area contributed by atoms with Crippen molar-refractivity contribution in [2.45, 2.75) is 24.9 Å². The molecule has 0 amide bonds. The molecule has 0 unspecified atom stereocenters. The summed E-state index contributed by atoms with van der Waals surface area (Å²) >= 11 is 6.10. The first kappa shape index (κ1) is 16.9. The number of rotatable bonds is 3. The minimum atomic E-state index is -3.80. The third-order valence-corrected chi connectivity index (χ3v) is 6.40. The molecule has 0 aromatic carbocycles. The summed E-state index contributed by atoms with van der Waals surface area (Å²) < 4.78 is 34.7. The van der Waals surface area contributed by atoms with Crippen molar-refractivity contribution in [1.29, 1.82) is 0 Å². The number of sulfonamides is 1. The molecule has 0 radical (unpaired) electrons. The fraction of sp³-hybridized carbons (Fsp3) is 0.462. The maximum atomic E-state index is 12.9. The molecule has 0 N–H and O–H groups in total. The fourth-order valence-electron chi connectivity index (χ4n) is 2.68. The van der Waals surface area contributed by atoms with E-state index in [1.807, 2.05) is 0 Å². The lowest BCUT2D eigenvalue weighted by Gasteiger charge is -2.26. The minimum Gasteiger partial charge on any atom is -0.464 e. The van der Waals surface area contributed by atoms with Crippen molar-refractivity contribution in [1.82, 2.24) is 23.9 Å². The molecule has 9 nitrogen and oxygen atoms in total. The van der Waals surface area contributed by atoms with Gasteiger partial charge in [0.25, 0.3) is 0 Å². The Balaban J connectivity index is 1.95. The number of ether oxygens (including phenoxy) is 1. The minimum absolute atomic E-state index is 0.00724. The summed E-state index contributed by atoms with van der Waals surface area (Å²) in [7, 11) is -0.947. The Morgan fingerprint density at radius 2 is 2.04 bits per heavy atom. The lowest BCUT2D eigenvalue weighted by atomic mass is 10.3. The number of methoxy groups -OCH3 is 1. The second-order valence-electron chi connectivity index (χ2n) is 5.40. The molecule has 2 aromatic rings. The Morgan fingerprint density at radius 1 is 1.33 bits per heavy atom. The van der Waals surface area contributed by atoms with E-state index in [0.29, 0.717) is 17.9 Å². The Hall–Kier alpha value is -1.91. The van der Waals surface area contributed by atoms with Crippen molar-refractivity contribution < 1.29 is 17.9 Å². The molecule has 3 rings (SSSR count). The zero-order chi connectivity index (χ0) is 17.6. The Bertz CT molecular complexity index is 917. The van der Waals surface area contributed by atoms with Crippen LogP contribution in [0.15, 0.2) is 11.0 Å². The van der Waals surface area contributed by atoms with E-state index in [1.54, 1.807) is 18.7 Å². The summed E-state index contributed by atoms with van der Waals surface area (Å²) in [6.45, 7) is 2.25. The normalized spacial score (nSPS) is 15.3. The van der Waals surface area contributed by atoms with E-state index >= 15 is 0 Å². The van der Waals surface area contributed by atoms with E-state index in [-0.39, 0.29) is 28.8 Å². The Kier molecular flexibility index (Phi) is 4.14. The number of aryl methyl sites for hydroxylation is 2. The molecular formula is C13H16ClN5O4S. The van der Waals surface area contributed by atoms with Crippen LogP contribution >= 0.6 is 11.6 Å². The van der Waals surface area contributed by atoms with Gasteiger partial charge in [0.05, 0.1) is 31.6 Å². The number of carbonyl (C=O) groups excluding carboxylic acids is 1. The highest BCUT2D eigenvalue weighted by Crippen LogP contribution is 2.29. The molecule has 0 spiro atoms. The van der Waals surface area contributed by atoms with Crippen LogP contribution in [0, 0.1) is 6.92 Å². The molecule has 130 valence electrons. The van der Waals surface area contributed by atoms with Crippen molar-refractivity contribution in [2.24, 2.45) is 7.05 Å². The van der Waals surface area contributed by atoms with Crippen LogP contribution in [0.4, 0.5) is 0 Å². The van der Waals surface area contributed by atoms with Crippen molar-refractivity contribution in [3.8, 4) is 0 Å². The van der Waals surface area contributed by atoms with E-state index in [4.69, 9.17) is 11.6 Å². The van der Waals surface area contributed by atoms with Gasteiger partial charge in [0.1, 0.15) is 10.0 Å². The molecule has 0 saturated carbocycles. The second-order valence-corrected chi connectivity index (χ2v) is 7.64. The van der Waals surface area contributed by atoms with Gasteiger partial charge in [-0.3, -0.25) is 9.36 Å². The van der Waals surface area contributed by atoms with E-state index in [1.165, 1.54) is 22.2 Å². The molecule has 1 aliphatic heterocycles. The van der Waals surface area contributed by atoms with Gasteiger partial charge in [0, 0.05) is 13.6 Å². The third kappa shape index (κ3) is 2.60. The molecule has 3 heterocycles. The van der Waals surface area contributed by atoms with Gasteiger partial charge in [-0.2, -0.15) is 14.5 Å². The van der Waals surface area contributed by atoms with Crippen molar-refractivity contribution in [3.05, 3.63) is 28.3 Å². The molecule has 24 heavy (non-hydrogen) atoms. The largest absolute Gasteiger partial charge is 0.464 e. The van der Waals surface area contributed by atoms with Crippen molar-refractivity contribution >= 4 is 27.6 Å². The first-order chi connectivity index (χ1) is 11.3. The quantitative estimate of drug-likeness (QED) is 0.729. The summed E-state index contributed by atoms with van der Waals surface area (Å²) in [4.78, 5) is 11.6. The number of nitrogens with zero attached hydrogens (tertiary/aromatic N) is 5. The van der Waals surface area contributed by atoms with E-state index in [2.05, 4.69) is 14.9 Å². The monoisotopic (exact) mass is 373 g/mol. The van der Waals surface area contributed by atoms with Crippen LogP contribution in [-0.2, 0) is 34.9 Å². The predicted molar refractivity (Wildman–Crippen MR) is 84.1 cm³/mol. The average Bonchev–Trinajstić information content (AvgIpc) is 3.07. The lowest BCUT2D eigenvalue weighted by molar-refractivity contribution is 0.0593. The van der Waals surface area contributed by atoms with Crippen LogP contribution in [-0.4, -0.2) is 51.9 Å². The predicted octanol–water partition coefficient (Wildman–Crippen LogP) is 0.570. The third-order valence-electron chi connectivity index (χ3n) is 3.86. The lowest BCUT2D eigenvalue weighted by Crippen LogP contribution is -2.38. The zero-order valence-corrected chi connectivity index (χ0v) is 14.9. The molecule has 0 aliphatic carbocycles. The van der Waals surface area contributed by atoms with Crippen molar-refractivity contribution in [3.63, 3.8) is 0 Å². The molecule has 0 atom stereocenters. The Labute approximate surface area is 143 Å². The number of esters is 1. The summed E-state index contributed by atoms with van der Waals surface area (Å²) in [6, 6.07) is 1.53. The summed E-state index contributed by atoms with van der Waals surface area (Å²) in [5.74, 6) is -0.558. The average molecular weight is 374 g/mol. The van der Waals surface area contributed by atoms with Crippen LogP contribution in [0.3, 0.4) is 0 Å². The standard InChI is InChI=1S/C13H16ClN5O4S/c1-8-11(12(14)17(2)15-8)24(21,22)18-4-5-19-9(7-18)6-10(16-19)13(20)23-3/h6H,4-5,7H2,1-3H3. The van der Waals surface area contributed by atoms with Gasteiger partial charge in [-0.25, -0.2) is 13.2 Å². The number of halogens is 1. The van der Waals surface area contributed by atoms with Crippen molar-refractivity contribution in [2.75, 3.05) is 13.7 Å². The topological polar surface area (TPSA) is 99.3 Å². The van der Waals surface area contributed by atoms with Crippen LogP contribution in [0.25, 0.3) is 0 Å². The number of carbonyl (C=O) groups is 1. The van der Waals surface area contributed by atoms with Gasteiger partial charge >= 0.3 is 5.97 Å². The fourth-order valence-corrected chi connectivity index (χ4v) is 4.79. The molecule has 0 fully saturated rings. The smallest absolute Gasteiger partial charge is 0.358 e. The Morgan fingerprint density at radius 3 is 2.62 bits per heavy atom. The highest BCUT2D eigenvalue weighted by atomic mass is 35.5. The molecule has 2 aromatic heterocycles. The van der Waals surface area contributed by atoms with Gasteiger partial charge in [-0.1, -0.05) is 11.6 Å². The van der Waals surface area contributed by atoms with Gasteiger partial charge in [-0.05, 0) is 13.0 Å². The number of fused-ring (bicyclic) bond motifs is 1. The molecular weight excluding hydrogens is 358 g/mol. The summed E-state index contributed by atoms with van der Waals surface area (Å²) in [5, 5.41) is 8.25. The zero-order valence-electron chi connectivity index (χ0n) is 13.4. The van der Waals surface area contributed by atoms with E-state index < -0.39 is 16.0 Å². The first-order valence-corrected chi connectivity index (χ1v) is 8.91. The SMILES string of the molecule is COC(=O)c1cc2n(n1)CCN(S(=O)(=O)c1c(C)nn(C)c1Cl)C2. The molecule has 1 aliphatic rings. The maximum absolute atomic E-state index is 12.9. The van der Waals surface area contributed by atoms with Gasteiger partial charge in [-0.15, -0.1) is 0 Å². The van der Waals surface area contributed by atoms with Gasteiger partial charge < -0.3 is 4.74 Å².